The van der Waals surface area contributed by atoms with E-state index in [1.54, 1.807) is 6.07 Å². The van der Waals surface area contributed by atoms with E-state index in [0.717, 1.165) is 31.2 Å². The van der Waals surface area contributed by atoms with Gasteiger partial charge in [0.05, 0.1) is 0 Å². The van der Waals surface area contributed by atoms with Crippen molar-refractivity contribution in [3.63, 3.8) is 0 Å². The summed E-state index contributed by atoms with van der Waals surface area (Å²) < 4.78 is 0. The first kappa shape index (κ1) is 13.2. The van der Waals surface area contributed by atoms with Crippen LogP contribution in [0.5, 0.6) is 0 Å². The van der Waals surface area contributed by atoms with Crippen LogP contribution in [0.4, 0.5) is 0 Å². The van der Waals surface area contributed by atoms with Crippen molar-refractivity contribution in [3.05, 3.63) is 35.4 Å². The number of nitrogens with two attached hydrogens (primary N) is 1. The van der Waals surface area contributed by atoms with Gasteiger partial charge in [-0.3, -0.25) is 15.5 Å². The summed E-state index contributed by atoms with van der Waals surface area (Å²) >= 11 is 0. The van der Waals surface area contributed by atoms with Crippen LogP contribution in [-0.2, 0) is 6.42 Å². The van der Waals surface area contributed by atoms with Gasteiger partial charge in [0.25, 0.3) is 5.91 Å². The number of carbonyl (C=O) groups is 1. The van der Waals surface area contributed by atoms with Crippen LogP contribution in [0.15, 0.2) is 24.3 Å². The zero-order valence-electron chi connectivity index (χ0n) is 10.1. The smallest absolute Gasteiger partial charge is 0.258 e. The van der Waals surface area contributed by atoms with Gasteiger partial charge in [-0.15, -0.1) is 0 Å². The van der Waals surface area contributed by atoms with E-state index >= 15 is 0 Å². The molecule has 1 aromatic rings. The summed E-state index contributed by atoms with van der Waals surface area (Å²) in [7, 11) is 0. The van der Waals surface area contributed by atoms with Crippen LogP contribution in [0.2, 0.25) is 0 Å². The third kappa shape index (κ3) is 4.26. The van der Waals surface area contributed by atoms with Gasteiger partial charge in [-0.05, 0) is 24.5 Å². The number of hydrogen-bond acceptors (Lipinski definition) is 2. The van der Waals surface area contributed by atoms with Gasteiger partial charge in [-0.25, -0.2) is 0 Å². The Labute approximate surface area is 102 Å². The van der Waals surface area contributed by atoms with Crippen molar-refractivity contribution in [3.8, 4) is 0 Å². The van der Waals surface area contributed by atoms with Gasteiger partial charge in [-0.2, -0.15) is 0 Å². The summed E-state index contributed by atoms with van der Waals surface area (Å²) in [5.74, 6) is -0.622. The molecule has 0 spiro atoms. The minimum Gasteiger partial charge on any atom is -0.370 e. The van der Waals surface area contributed by atoms with Gasteiger partial charge in [0.15, 0.2) is 5.96 Å². The fourth-order valence-electron chi connectivity index (χ4n) is 1.71. The van der Waals surface area contributed by atoms with E-state index in [4.69, 9.17) is 11.1 Å². The molecule has 0 aromatic heterocycles. The molecule has 1 aromatic carbocycles. The summed E-state index contributed by atoms with van der Waals surface area (Å²) in [6, 6.07) is 7.45. The molecule has 17 heavy (non-hydrogen) atoms. The van der Waals surface area contributed by atoms with E-state index in [9.17, 15) is 4.79 Å². The molecule has 0 bridgehead atoms. The number of rotatable bonds is 5. The number of benzene rings is 1. The van der Waals surface area contributed by atoms with Gasteiger partial charge >= 0.3 is 0 Å². The number of nitrogens with one attached hydrogen (secondary N) is 2. The molecule has 0 radical (unpaired) electrons. The largest absolute Gasteiger partial charge is 0.370 e. The fourth-order valence-corrected chi connectivity index (χ4v) is 1.71. The highest BCUT2D eigenvalue weighted by atomic mass is 16.1. The Morgan fingerprint density at radius 2 is 2.06 bits per heavy atom. The minimum absolute atomic E-state index is 0.301. The van der Waals surface area contributed by atoms with Crippen molar-refractivity contribution in [1.82, 2.24) is 5.32 Å². The third-order valence-corrected chi connectivity index (χ3v) is 2.56. The maximum absolute atomic E-state index is 11.8. The molecule has 0 atom stereocenters. The summed E-state index contributed by atoms with van der Waals surface area (Å²) in [5, 5.41) is 9.37. The molecule has 1 rings (SSSR count). The Kier molecular flexibility index (Phi) is 5.20. The number of hydrogen-bond donors (Lipinski definition) is 3. The Hall–Kier alpha value is -1.84. The normalized spacial score (nSPS) is 9.94. The van der Waals surface area contributed by atoms with Crippen LogP contribution in [0, 0.1) is 5.41 Å². The first-order valence-electron chi connectivity index (χ1n) is 5.88. The third-order valence-electron chi connectivity index (χ3n) is 2.56. The zero-order chi connectivity index (χ0) is 12.7. The van der Waals surface area contributed by atoms with Gasteiger partial charge in [0.2, 0.25) is 0 Å². The van der Waals surface area contributed by atoms with Crippen LogP contribution in [-0.4, -0.2) is 11.9 Å². The van der Waals surface area contributed by atoms with Crippen molar-refractivity contribution < 1.29 is 4.79 Å². The van der Waals surface area contributed by atoms with Gasteiger partial charge < -0.3 is 5.73 Å². The summed E-state index contributed by atoms with van der Waals surface area (Å²) in [6.07, 6.45) is 4.26. The topological polar surface area (TPSA) is 79.0 Å². The molecule has 0 aliphatic rings. The molecule has 0 aliphatic carbocycles. The Morgan fingerprint density at radius 3 is 2.71 bits per heavy atom. The molecular formula is C13H19N3O. The van der Waals surface area contributed by atoms with E-state index < -0.39 is 0 Å². The lowest BCUT2D eigenvalue weighted by Crippen LogP contribution is -2.36. The molecule has 0 fully saturated rings. The van der Waals surface area contributed by atoms with E-state index in [1.165, 1.54) is 0 Å². The molecule has 4 N–H and O–H groups in total. The lowest BCUT2D eigenvalue weighted by molar-refractivity contribution is 0.0975. The monoisotopic (exact) mass is 233 g/mol. The van der Waals surface area contributed by atoms with Crippen LogP contribution >= 0.6 is 0 Å². The first-order valence-corrected chi connectivity index (χ1v) is 5.88. The Morgan fingerprint density at radius 1 is 1.35 bits per heavy atom. The lowest BCUT2D eigenvalue weighted by Gasteiger charge is -2.08. The Balaban J connectivity index is 2.76. The molecule has 0 saturated heterocycles. The number of aryl methyl sites for hydroxylation is 1. The molecule has 0 aliphatic heterocycles. The predicted molar refractivity (Wildman–Crippen MR) is 69.1 cm³/mol. The highest BCUT2D eigenvalue weighted by Crippen LogP contribution is 2.12. The predicted octanol–water partition coefficient (Wildman–Crippen LogP) is 2.04. The van der Waals surface area contributed by atoms with Gasteiger partial charge in [-0.1, -0.05) is 38.0 Å². The fraction of sp³-hybridized carbons (Fsp3) is 0.385. The molecule has 0 saturated carbocycles. The van der Waals surface area contributed by atoms with Crippen LogP contribution in [0.3, 0.4) is 0 Å². The van der Waals surface area contributed by atoms with Crippen LogP contribution < -0.4 is 11.1 Å². The lowest BCUT2D eigenvalue weighted by atomic mass is 10.0. The van der Waals surface area contributed by atoms with E-state index in [2.05, 4.69) is 12.2 Å². The average Bonchev–Trinajstić information content (AvgIpc) is 2.29. The standard InChI is InChI=1S/C13H19N3O/c1-2-3-4-7-10-8-5-6-9-11(10)12(17)16-13(14)15/h5-6,8-9H,2-4,7H2,1H3,(H4,14,15,16,17). The van der Waals surface area contributed by atoms with Crippen molar-refractivity contribution in [2.24, 2.45) is 5.73 Å². The van der Waals surface area contributed by atoms with Crippen molar-refractivity contribution >= 4 is 11.9 Å². The molecule has 0 unspecified atom stereocenters. The van der Waals surface area contributed by atoms with Crippen LogP contribution in [0.25, 0.3) is 0 Å². The van der Waals surface area contributed by atoms with Gasteiger partial charge in [0.1, 0.15) is 0 Å². The number of carbonyl (C=O) groups excluding carboxylic acids is 1. The quantitative estimate of drug-likeness (QED) is 0.413. The highest BCUT2D eigenvalue weighted by molar-refractivity contribution is 6.05. The summed E-state index contributed by atoms with van der Waals surface area (Å²) in [4.78, 5) is 11.8. The van der Waals surface area contributed by atoms with E-state index in [0.29, 0.717) is 5.56 Å². The zero-order valence-corrected chi connectivity index (χ0v) is 10.1. The second-order valence-corrected chi connectivity index (χ2v) is 3.98. The van der Waals surface area contributed by atoms with Crippen molar-refractivity contribution in [1.29, 1.82) is 5.41 Å². The highest BCUT2D eigenvalue weighted by Gasteiger charge is 2.10. The van der Waals surface area contributed by atoms with Crippen molar-refractivity contribution in [2.45, 2.75) is 32.6 Å². The number of amides is 1. The molecule has 92 valence electrons. The van der Waals surface area contributed by atoms with Crippen LogP contribution in [0.1, 0.15) is 42.1 Å². The SMILES string of the molecule is CCCCCc1ccccc1C(=O)NC(=N)N. The first-order chi connectivity index (χ1) is 8.15. The van der Waals surface area contributed by atoms with Gasteiger partial charge in [0, 0.05) is 5.56 Å². The second-order valence-electron chi connectivity index (χ2n) is 3.98. The second kappa shape index (κ2) is 6.68. The summed E-state index contributed by atoms with van der Waals surface area (Å²) in [5.41, 5.74) is 6.78. The number of guanidine groups is 1. The molecule has 0 heterocycles. The van der Waals surface area contributed by atoms with E-state index in [-0.39, 0.29) is 11.9 Å². The van der Waals surface area contributed by atoms with E-state index in [1.807, 2.05) is 18.2 Å². The van der Waals surface area contributed by atoms with Crippen molar-refractivity contribution in [2.75, 3.05) is 0 Å². The molecule has 4 heteroatoms. The maximum atomic E-state index is 11.8. The minimum atomic E-state index is -0.321. The Bertz CT molecular complexity index is 401. The average molecular weight is 233 g/mol. The molecule has 4 nitrogen and oxygen atoms in total. The molecular weight excluding hydrogens is 214 g/mol. The summed E-state index contributed by atoms with van der Waals surface area (Å²) in [6.45, 7) is 2.15. The number of unbranched alkanes of at least 4 members (excludes halogenated alkanes) is 2. The molecule has 1 amide bonds. The maximum Gasteiger partial charge on any atom is 0.258 e.